The van der Waals surface area contributed by atoms with Crippen molar-refractivity contribution in [1.29, 1.82) is 0 Å². The number of hydrogen-bond donors (Lipinski definition) is 1. The summed E-state index contributed by atoms with van der Waals surface area (Å²) < 4.78 is 12.2. The Morgan fingerprint density at radius 1 is 1.12 bits per heavy atom. The van der Waals surface area contributed by atoms with Crippen LogP contribution in [0.25, 0.3) is 21.9 Å². The van der Waals surface area contributed by atoms with Crippen molar-refractivity contribution in [2.24, 2.45) is 0 Å². The summed E-state index contributed by atoms with van der Waals surface area (Å²) in [6.45, 7) is 3.74. The summed E-state index contributed by atoms with van der Waals surface area (Å²) in [4.78, 5) is 0. The summed E-state index contributed by atoms with van der Waals surface area (Å²) in [5.74, 6) is 1.59. The molecule has 0 aliphatic rings. The van der Waals surface area contributed by atoms with Crippen LogP contribution in [0.15, 0.2) is 25.4 Å². The minimum absolute atomic E-state index is 0.0202. The molecule has 1 aromatic carbocycles. The molecule has 3 nitrogen and oxygen atoms in total. The first-order valence-electron chi connectivity index (χ1n) is 5.33. The topological polar surface area (TPSA) is 46.5 Å². The van der Waals surface area contributed by atoms with Gasteiger partial charge in [-0.2, -0.15) is 0 Å². The van der Waals surface area contributed by atoms with E-state index >= 15 is 0 Å². The quantitative estimate of drug-likeness (QED) is 0.736. The molecule has 0 aliphatic carbocycles. The van der Waals surface area contributed by atoms with Gasteiger partial charge in [0.25, 0.3) is 0 Å². The molecule has 0 saturated carbocycles. The zero-order chi connectivity index (χ0) is 12.2. The highest BCUT2D eigenvalue weighted by molar-refractivity contribution is 9.10. The third-order valence-corrected chi connectivity index (χ3v) is 3.58. The first-order chi connectivity index (χ1) is 8.11. The van der Waals surface area contributed by atoms with Crippen molar-refractivity contribution in [3.63, 3.8) is 0 Å². The lowest BCUT2D eigenvalue weighted by molar-refractivity contribution is 0.280. The molecule has 0 saturated heterocycles. The van der Waals surface area contributed by atoms with Gasteiger partial charge in [0.2, 0.25) is 0 Å². The van der Waals surface area contributed by atoms with Crippen LogP contribution in [-0.2, 0) is 6.61 Å². The second kappa shape index (κ2) is 3.62. The maximum absolute atomic E-state index is 9.37. The summed E-state index contributed by atoms with van der Waals surface area (Å²) in [6, 6.07) is 3.88. The minimum atomic E-state index is -0.0202. The number of aliphatic hydroxyl groups excluding tert-OH is 1. The minimum Gasteiger partial charge on any atom is -0.460 e. The molecule has 4 heteroatoms. The van der Waals surface area contributed by atoms with Crippen molar-refractivity contribution in [2.75, 3.05) is 0 Å². The van der Waals surface area contributed by atoms with Crippen LogP contribution < -0.4 is 0 Å². The highest BCUT2D eigenvalue weighted by Gasteiger charge is 2.17. The molecule has 1 N–H and O–H groups in total. The first kappa shape index (κ1) is 10.9. The number of fused-ring (bicyclic) bond motifs is 3. The Morgan fingerprint density at radius 3 is 2.59 bits per heavy atom. The van der Waals surface area contributed by atoms with Crippen molar-refractivity contribution in [1.82, 2.24) is 0 Å². The number of hydrogen-bond acceptors (Lipinski definition) is 3. The van der Waals surface area contributed by atoms with Crippen LogP contribution >= 0.6 is 15.9 Å². The predicted molar refractivity (Wildman–Crippen MR) is 69.1 cm³/mol. The van der Waals surface area contributed by atoms with Crippen molar-refractivity contribution < 1.29 is 13.9 Å². The predicted octanol–water partition coefficient (Wildman–Crippen LogP) is 4.05. The summed E-state index contributed by atoms with van der Waals surface area (Å²) in [5, 5.41) is 11.2. The molecule has 0 atom stereocenters. The number of aryl methyl sites for hydroxylation is 2. The average Bonchev–Trinajstić information content (AvgIpc) is 2.79. The number of benzene rings is 1. The molecule has 0 bridgehead atoms. The van der Waals surface area contributed by atoms with E-state index in [1.165, 1.54) is 0 Å². The van der Waals surface area contributed by atoms with Crippen molar-refractivity contribution >= 4 is 37.9 Å². The second-order valence-electron chi connectivity index (χ2n) is 4.13. The van der Waals surface area contributed by atoms with Gasteiger partial charge in [0, 0.05) is 10.9 Å². The van der Waals surface area contributed by atoms with E-state index in [2.05, 4.69) is 15.9 Å². The fourth-order valence-corrected chi connectivity index (χ4v) is 2.72. The molecule has 0 amide bonds. The smallest absolute Gasteiger partial charge is 0.152 e. The largest absolute Gasteiger partial charge is 0.460 e. The average molecular weight is 295 g/mol. The summed E-state index contributed by atoms with van der Waals surface area (Å²) in [6.07, 6.45) is 0. The fraction of sp³-hybridized carbons (Fsp3) is 0.231. The number of rotatable bonds is 1. The van der Waals surface area contributed by atoms with Gasteiger partial charge in [0.1, 0.15) is 17.1 Å². The van der Waals surface area contributed by atoms with E-state index < -0.39 is 0 Å². The SMILES string of the molecule is Cc1cc2c(o1)c(Br)cc1c(CO)c(C)oc12. The van der Waals surface area contributed by atoms with Gasteiger partial charge in [-0.05, 0) is 41.9 Å². The highest BCUT2D eigenvalue weighted by Crippen LogP contribution is 2.37. The molecule has 0 radical (unpaired) electrons. The third-order valence-electron chi connectivity index (χ3n) is 3.00. The van der Waals surface area contributed by atoms with Gasteiger partial charge < -0.3 is 13.9 Å². The summed E-state index contributed by atoms with van der Waals surface area (Å²) >= 11 is 3.49. The third kappa shape index (κ3) is 1.44. The number of halogens is 1. The van der Waals surface area contributed by atoms with Crippen molar-refractivity contribution in [3.05, 3.63) is 33.7 Å². The standard InChI is InChI=1S/C13H11BrO3/c1-6-3-9-12-8(4-11(14)13(9)16-6)10(5-15)7(2)17-12/h3-4,15H,5H2,1-2H3. The Bertz CT molecular complexity index is 721. The molecule has 2 aromatic heterocycles. The van der Waals surface area contributed by atoms with Gasteiger partial charge in [-0.3, -0.25) is 0 Å². The van der Waals surface area contributed by atoms with Gasteiger partial charge >= 0.3 is 0 Å². The normalized spacial score (nSPS) is 11.8. The van der Waals surface area contributed by atoms with Crippen molar-refractivity contribution in [3.8, 4) is 0 Å². The lowest BCUT2D eigenvalue weighted by Gasteiger charge is -1.96. The van der Waals surface area contributed by atoms with Crippen molar-refractivity contribution in [2.45, 2.75) is 20.5 Å². The van der Waals surface area contributed by atoms with Crippen LogP contribution in [0.3, 0.4) is 0 Å². The molecule has 88 valence electrons. The Morgan fingerprint density at radius 2 is 1.88 bits per heavy atom. The monoisotopic (exact) mass is 294 g/mol. The van der Waals surface area contributed by atoms with Gasteiger partial charge in [-0.25, -0.2) is 0 Å². The van der Waals surface area contributed by atoms with Gasteiger partial charge in [-0.1, -0.05) is 0 Å². The molecule has 0 unspecified atom stereocenters. The van der Waals surface area contributed by atoms with Gasteiger partial charge in [0.05, 0.1) is 16.5 Å². The molecule has 0 spiro atoms. The Kier molecular flexibility index (Phi) is 2.31. The Hall–Kier alpha value is -1.26. The maximum atomic E-state index is 9.37. The second-order valence-corrected chi connectivity index (χ2v) is 4.98. The van der Waals surface area contributed by atoms with E-state index in [-0.39, 0.29) is 6.61 Å². The molecule has 3 aromatic rings. The van der Waals surface area contributed by atoms with E-state index in [1.807, 2.05) is 26.0 Å². The fourth-order valence-electron chi connectivity index (χ4n) is 2.20. The molecule has 2 heterocycles. The first-order valence-corrected chi connectivity index (χ1v) is 6.12. The van der Waals surface area contributed by atoms with E-state index in [4.69, 9.17) is 8.83 Å². The van der Waals surface area contributed by atoms with Crippen LogP contribution in [0.2, 0.25) is 0 Å². The zero-order valence-electron chi connectivity index (χ0n) is 9.50. The van der Waals surface area contributed by atoms with Crippen LogP contribution in [0.4, 0.5) is 0 Å². The molecular weight excluding hydrogens is 284 g/mol. The molecule has 0 aliphatic heterocycles. The van der Waals surface area contributed by atoms with E-state index in [9.17, 15) is 5.11 Å². The molecule has 0 fully saturated rings. The maximum Gasteiger partial charge on any atom is 0.152 e. The lowest BCUT2D eigenvalue weighted by atomic mass is 10.1. The summed E-state index contributed by atoms with van der Waals surface area (Å²) in [5.41, 5.74) is 2.40. The Balaban J connectivity index is 2.56. The Labute approximate surface area is 106 Å². The van der Waals surface area contributed by atoms with Gasteiger partial charge in [-0.15, -0.1) is 0 Å². The molecule has 17 heavy (non-hydrogen) atoms. The number of furan rings is 2. The van der Waals surface area contributed by atoms with Crippen LogP contribution in [0.1, 0.15) is 17.1 Å². The van der Waals surface area contributed by atoms with Gasteiger partial charge in [0.15, 0.2) is 5.58 Å². The van der Waals surface area contributed by atoms with Crippen LogP contribution in [-0.4, -0.2) is 5.11 Å². The van der Waals surface area contributed by atoms with E-state index in [0.29, 0.717) is 0 Å². The molecular formula is C13H11BrO3. The van der Waals surface area contributed by atoms with Crippen LogP contribution in [0, 0.1) is 13.8 Å². The van der Waals surface area contributed by atoms with Crippen LogP contribution in [0.5, 0.6) is 0 Å². The number of aliphatic hydroxyl groups is 1. The zero-order valence-corrected chi connectivity index (χ0v) is 11.1. The molecule has 3 rings (SSSR count). The highest BCUT2D eigenvalue weighted by atomic mass is 79.9. The lowest BCUT2D eigenvalue weighted by Crippen LogP contribution is -1.82. The summed E-state index contributed by atoms with van der Waals surface area (Å²) in [7, 11) is 0. The van der Waals surface area contributed by atoms with E-state index in [1.54, 1.807) is 0 Å². The van der Waals surface area contributed by atoms with E-state index in [0.717, 1.165) is 43.5 Å².